The molecule has 3 heteroatoms. The number of carbonyl (C=O) groups is 1. The van der Waals surface area contributed by atoms with Crippen LogP contribution in [0.5, 0.6) is 0 Å². The molecule has 1 saturated heterocycles. The molecule has 0 amide bonds. The van der Waals surface area contributed by atoms with Crippen LogP contribution in [0.1, 0.15) is 39.0 Å². The molecule has 3 nitrogen and oxygen atoms in total. The van der Waals surface area contributed by atoms with E-state index in [1.165, 1.54) is 25.7 Å². The Kier molecular flexibility index (Phi) is 2.62. The summed E-state index contributed by atoms with van der Waals surface area (Å²) in [6.07, 6.45) is 5.97. The van der Waals surface area contributed by atoms with Crippen LogP contribution in [-0.4, -0.2) is 24.0 Å². The maximum Gasteiger partial charge on any atom is 0.183 e. The Morgan fingerprint density at radius 1 is 1.57 bits per heavy atom. The highest BCUT2D eigenvalue weighted by Gasteiger charge is 2.49. The van der Waals surface area contributed by atoms with Crippen LogP contribution >= 0.6 is 0 Å². The lowest BCUT2D eigenvalue weighted by molar-refractivity contribution is -0.125. The van der Waals surface area contributed by atoms with Gasteiger partial charge in [-0.25, -0.2) is 0 Å². The van der Waals surface area contributed by atoms with Gasteiger partial charge in [0, 0.05) is 0 Å². The third kappa shape index (κ3) is 1.98. The number of ketones is 1. The van der Waals surface area contributed by atoms with E-state index in [9.17, 15) is 4.79 Å². The lowest BCUT2D eigenvalue weighted by atomic mass is 9.92. The molecule has 0 radical (unpaired) electrons. The lowest BCUT2D eigenvalue weighted by Gasteiger charge is -2.16. The monoisotopic (exact) mass is 197 g/mol. The van der Waals surface area contributed by atoms with E-state index >= 15 is 0 Å². The molecule has 0 aromatic rings. The van der Waals surface area contributed by atoms with E-state index in [1.54, 1.807) is 0 Å². The molecule has 2 atom stereocenters. The second kappa shape index (κ2) is 3.63. The van der Waals surface area contributed by atoms with Crippen LogP contribution in [0.15, 0.2) is 0 Å². The Hall–Kier alpha value is -0.410. The van der Waals surface area contributed by atoms with Crippen molar-refractivity contribution in [2.45, 2.75) is 50.7 Å². The van der Waals surface area contributed by atoms with Crippen LogP contribution in [-0.2, 0) is 9.53 Å². The summed E-state index contributed by atoms with van der Waals surface area (Å²) in [5, 5.41) is 0. The molecule has 2 fully saturated rings. The van der Waals surface area contributed by atoms with Crippen LogP contribution in [0.4, 0.5) is 0 Å². The predicted octanol–water partition coefficient (Wildman–Crippen LogP) is 1.25. The number of Topliss-reactive ketones (excluding diaryl/α,β-unsaturated/α-hetero) is 1. The number of epoxide rings is 1. The normalized spacial score (nSPS) is 34.4. The summed E-state index contributed by atoms with van der Waals surface area (Å²) in [5.41, 5.74) is 5.36. The fourth-order valence-electron chi connectivity index (χ4n) is 2.35. The molecule has 1 saturated carbocycles. The lowest BCUT2D eigenvalue weighted by Crippen LogP contribution is -2.40. The third-order valence-electron chi connectivity index (χ3n) is 3.50. The average Bonchev–Trinajstić information content (AvgIpc) is 2.71. The van der Waals surface area contributed by atoms with Gasteiger partial charge in [-0.05, 0) is 19.3 Å². The number of hydrogen-bond donors (Lipinski definition) is 1. The van der Waals surface area contributed by atoms with E-state index in [0.717, 1.165) is 6.42 Å². The Morgan fingerprint density at radius 2 is 2.14 bits per heavy atom. The molecule has 1 aliphatic heterocycles. The molecule has 2 N–H and O–H groups in total. The summed E-state index contributed by atoms with van der Waals surface area (Å²) in [6.45, 7) is 2.40. The first-order valence-corrected chi connectivity index (χ1v) is 5.56. The fourth-order valence-corrected chi connectivity index (χ4v) is 2.35. The van der Waals surface area contributed by atoms with Crippen LogP contribution in [0.25, 0.3) is 0 Å². The van der Waals surface area contributed by atoms with Crippen molar-refractivity contribution in [2.75, 3.05) is 6.61 Å². The van der Waals surface area contributed by atoms with Crippen molar-refractivity contribution in [3.8, 4) is 0 Å². The summed E-state index contributed by atoms with van der Waals surface area (Å²) in [4.78, 5) is 11.8. The SMILES string of the molecule is C[C@]1(C(=O)C(N)CC2CCCC2)CO1. The molecule has 80 valence electrons. The molecule has 14 heavy (non-hydrogen) atoms. The van der Waals surface area contributed by atoms with Crippen molar-refractivity contribution < 1.29 is 9.53 Å². The zero-order valence-corrected chi connectivity index (χ0v) is 8.79. The highest BCUT2D eigenvalue weighted by molar-refractivity contribution is 5.93. The van der Waals surface area contributed by atoms with E-state index in [-0.39, 0.29) is 11.8 Å². The maximum absolute atomic E-state index is 11.8. The van der Waals surface area contributed by atoms with E-state index < -0.39 is 5.60 Å². The Morgan fingerprint density at radius 3 is 2.64 bits per heavy atom. The summed E-state index contributed by atoms with van der Waals surface area (Å²) in [6, 6.07) is -0.300. The maximum atomic E-state index is 11.8. The first-order chi connectivity index (χ1) is 6.62. The van der Waals surface area contributed by atoms with Gasteiger partial charge >= 0.3 is 0 Å². The summed E-state index contributed by atoms with van der Waals surface area (Å²) in [7, 11) is 0. The van der Waals surface area contributed by atoms with Gasteiger partial charge in [-0.2, -0.15) is 0 Å². The predicted molar refractivity (Wildman–Crippen MR) is 53.9 cm³/mol. The van der Waals surface area contributed by atoms with Gasteiger partial charge in [-0.15, -0.1) is 0 Å². The summed E-state index contributed by atoms with van der Waals surface area (Å²) < 4.78 is 5.11. The van der Waals surface area contributed by atoms with Gasteiger partial charge in [-0.3, -0.25) is 4.79 Å². The first kappa shape index (κ1) is 10.1. The van der Waals surface area contributed by atoms with E-state index in [1.807, 2.05) is 6.92 Å². The van der Waals surface area contributed by atoms with Gasteiger partial charge in [0.2, 0.25) is 0 Å². The number of hydrogen-bond acceptors (Lipinski definition) is 3. The number of rotatable bonds is 4. The number of ether oxygens (including phenoxy) is 1. The molecule has 0 aromatic heterocycles. The zero-order valence-electron chi connectivity index (χ0n) is 8.79. The quantitative estimate of drug-likeness (QED) is 0.690. The molecular formula is C11H19NO2. The van der Waals surface area contributed by atoms with E-state index in [4.69, 9.17) is 10.5 Å². The van der Waals surface area contributed by atoms with Gasteiger partial charge in [0.15, 0.2) is 5.78 Å². The largest absolute Gasteiger partial charge is 0.362 e. The topological polar surface area (TPSA) is 55.6 Å². The van der Waals surface area contributed by atoms with Crippen molar-refractivity contribution in [3.05, 3.63) is 0 Å². The first-order valence-electron chi connectivity index (χ1n) is 5.56. The standard InChI is InChI=1S/C11H19NO2/c1-11(7-14-11)10(13)9(12)6-8-4-2-3-5-8/h8-9H,2-7,12H2,1H3/t9?,11-/m1/s1. The van der Waals surface area contributed by atoms with Crippen LogP contribution < -0.4 is 5.73 Å². The van der Waals surface area contributed by atoms with Crippen molar-refractivity contribution >= 4 is 5.78 Å². The minimum Gasteiger partial charge on any atom is -0.362 e. The molecule has 0 aromatic carbocycles. The highest BCUT2D eigenvalue weighted by atomic mass is 16.6. The average molecular weight is 197 g/mol. The van der Waals surface area contributed by atoms with Gasteiger partial charge < -0.3 is 10.5 Å². The molecule has 0 spiro atoms. The molecule has 2 aliphatic rings. The van der Waals surface area contributed by atoms with Crippen LogP contribution in [0.2, 0.25) is 0 Å². The van der Waals surface area contributed by atoms with Crippen molar-refractivity contribution in [2.24, 2.45) is 11.7 Å². The van der Waals surface area contributed by atoms with Gasteiger partial charge in [0.05, 0.1) is 12.6 Å². The van der Waals surface area contributed by atoms with E-state index in [0.29, 0.717) is 12.5 Å². The number of nitrogens with two attached hydrogens (primary N) is 1. The van der Waals surface area contributed by atoms with Gasteiger partial charge in [0.25, 0.3) is 0 Å². The molecule has 1 aliphatic carbocycles. The fraction of sp³-hybridized carbons (Fsp3) is 0.909. The molecule has 1 heterocycles. The Bertz CT molecular complexity index is 229. The third-order valence-corrected chi connectivity index (χ3v) is 3.50. The number of carbonyl (C=O) groups excluding carboxylic acids is 1. The Labute approximate surface area is 85.0 Å². The zero-order chi connectivity index (χ0) is 10.2. The van der Waals surface area contributed by atoms with Crippen molar-refractivity contribution in [3.63, 3.8) is 0 Å². The second-order valence-corrected chi connectivity index (χ2v) is 4.88. The van der Waals surface area contributed by atoms with Crippen LogP contribution in [0.3, 0.4) is 0 Å². The van der Waals surface area contributed by atoms with Gasteiger partial charge in [0.1, 0.15) is 5.60 Å². The van der Waals surface area contributed by atoms with Crippen molar-refractivity contribution in [1.82, 2.24) is 0 Å². The van der Waals surface area contributed by atoms with Gasteiger partial charge in [-0.1, -0.05) is 25.7 Å². The highest BCUT2D eigenvalue weighted by Crippen LogP contribution is 2.32. The summed E-state index contributed by atoms with van der Waals surface area (Å²) in [5.74, 6) is 0.778. The summed E-state index contributed by atoms with van der Waals surface area (Å²) >= 11 is 0. The molecular weight excluding hydrogens is 178 g/mol. The van der Waals surface area contributed by atoms with E-state index in [2.05, 4.69) is 0 Å². The molecule has 0 bridgehead atoms. The smallest absolute Gasteiger partial charge is 0.183 e. The minimum absolute atomic E-state index is 0.101. The van der Waals surface area contributed by atoms with Crippen LogP contribution in [0, 0.1) is 5.92 Å². The molecule has 1 unspecified atom stereocenters. The molecule has 2 rings (SSSR count). The minimum atomic E-state index is -0.530. The second-order valence-electron chi connectivity index (χ2n) is 4.88. The van der Waals surface area contributed by atoms with Crippen molar-refractivity contribution in [1.29, 1.82) is 0 Å². The Balaban J connectivity index is 1.82.